The number of rotatable bonds is 2. The van der Waals surface area contributed by atoms with E-state index in [1.54, 1.807) is 0 Å². The number of para-hydroxylation sites is 2. The first-order valence-electron chi connectivity index (χ1n) is 8.26. The SMILES string of the molecule is Clc1cccc(-n2c(-c3ccccc3)nc3nc4ccccc4nc32)c1. The van der Waals surface area contributed by atoms with Crippen molar-refractivity contribution in [1.29, 1.82) is 0 Å². The molecule has 0 bridgehead atoms. The molecule has 0 saturated carbocycles. The van der Waals surface area contributed by atoms with Gasteiger partial charge in [0.15, 0.2) is 11.3 Å². The highest BCUT2D eigenvalue weighted by molar-refractivity contribution is 6.30. The maximum atomic E-state index is 6.24. The van der Waals surface area contributed by atoms with E-state index in [4.69, 9.17) is 26.6 Å². The molecule has 0 N–H and O–H groups in total. The number of fused-ring (bicyclic) bond motifs is 2. The lowest BCUT2D eigenvalue weighted by atomic mass is 10.2. The van der Waals surface area contributed by atoms with Crippen LogP contribution in [-0.2, 0) is 0 Å². The van der Waals surface area contributed by atoms with Crippen LogP contribution in [0.2, 0.25) is 5.02 Å². The number of halogens is 1. The smallest absolute Gasteiger partial charge is 0.199 e. The van der Waals surface area contributed by atoms with Crippen molar-refractivity contribution in [2.24, 2.45) is 0 Å². The van der Waals surface area contributed by atoms with E-state index >= 15 is 0 Å². The third-order valence-corrected chi connectivity index (χ3v) is 4.50. The van der Waals surface area contributed by atoms with Crippen molar-refractivity contribution in [2.75, 3.05) is 0 Å². The zero-order valence-corrected chi connectivity index (χ0v) is 14.4. The molecule has 0 radical (unpaired) electrons. The molecule has 5 heteroatoms. The molecule has 3 aromatic carbocycles. The Kier molecular flexibility index (Phi) is 3.43. The second-order valence-electron chi connectivity index (χ2n) is 5.98. The second kappa shape index (κ2) is 5.93. The van der Waals surface area contributed by atoms with Crippen LogP contribution >= 0.6 is 11.6 Å². The summed E-state index contributed by atoms with van der Waals surface area (Å²) >= 11 is 6.24. The van der Waals surface area contributed by atoms with Crippen LogP contribution in [0.15, 0.2) is 78.9 Å². The van der Waals surface area contributed by atoms with E-state index in [1.165, 1.54) is 0 Å². The summed E-state index contributed by atoms with van der Waals surface area (Å²) < 4.78 is 2.01. The molecule has 0 aliphatic carbocycles. The molecule has 2 aromatic heterocycles. The molecule has 5 aromatic rings. The van der Waals surface area contributed by atoms with E-state index in [0.29, 0.717) is 16.3 Å². The maximum absolute atomic E-state index is 6.24. The zero-order valence-electron chi connectivity index (χ0n) is 13.7. The van der Waals surface area contributed by atoms with Crippen LogP contribution in [0, 0.1) is 0 Å². The van der Waals surface area contributed by atoms with Crippen molar-refractivity contribution < 1.29 is 0 Å². The number of hydrogen-bond acceptors (Lipinski definition) is 3. The molecule has 4 nitrogen and oxygen atoms in total. The van der Waals surface area contributed by atoms with Crippen molar-refractivity contribution in [1.82, 2.24) is 19.5 Å². The first-order valence-corrected chi connectivity index (χ1v) is 8.64. The van der Waals surface area contributed by atoms with Crippen LogP contribution in [0.25, 0.3) is 39.4 Å². The summed E-state index contributed by atoms with van der Waals surface area (Å²) in [6, 6.07) is 25.5. The Labute approximate surface area is 154 Å². The van der Waals surface area contributed by atoms with Crippen LogP contribution in [0.5, 0.6) is 0 Å². The van der Waals surface area contributed by atoms with Crippen LogP contribution in [0.3, 0.4) is 0 Å². The Morgan fingerprint density at radius 2 is 1.42 bits per heavy atom. The Bertz CT molecular complexity index is 1250. The van der Waals surface area contributed by atoms with Crippen LogP contribution in [0.4, 0.5) is 0 Å². The highest BCUT2D eigenvalue weighted by Crippen LogP contribution is 2.29. The van der Waals surface area contributed by atoms with Crippen LogP contribution in [0.1, 0.15) is 0 Å². The van der Waals surface area contributed by atoms with Gasteiger partial charge in [0.25, 0.3) is 0 Å². The van der Waals surface area contributed by atoms with Crippen molar-refractivity contribution >= 4 is 33.9 Å². The number of nitrogens with zero attached hydrogens (tertiary/aromatic N) is 4. The van der Waals surface area contributed by atoms with E-state index in [0.717, 1.165) is 28.1 Å². The molecule has 0 amide bonds. The molecule has 5 rings (SSSR count). The molecular formula is C21H13ClN4. The van der Waals surface area contributed by atoms with E-state index in [2.05, 4.69) is 0 Å². The molecule has 0 aliphatic heterocycles. The third-order valence-electron chi connectivity index (χ3n) is 4.27. The minimum absolute atomic E-state index is 0.613. The number of imidazole rings is 1. The van der Waals surface area contributed by atoms with Crippen molar-refractivity contribution in [3.8, 4) is 17.1 Å². The fourth-order valence-corrected chi connectivity index (χ4v) is 3.28. The van der Waals surface area contributed by atoms with Gasteiger partial charge in [-0.15, -0.1) is 0 Å². The fourth-order valence-electron chi connectivity index (χ4n) is 3.10. The highest BCUT2D eigenvalue weighted by atomic mass is 35.5. The molecule has 26 heavy (non-hydrogen) atoms. The van der Waals surface area contributed by atoms with Gasteiger partial charge in [-0.3, -0.25) is 4.57 Å². The van der Waals surface area contributed by atoms with E-state index in [9.17, 15) is 0 Å². The number of hydrogen-bond donors (Lipinski definition) is 0. The number of benzene rings is 3. The summed E-state index contributed by atoms with van der Waals surface area (Å²) in [5.41, 5.74) is 4.89. The van der Waals surface area contributed by atoms with Gasteiger partial charge in [0.1, 0.15) is 5.82 Å². The average molecular weight is 357 g/mol. The zero-order chi connectivity index (χ0) is 17.5. The van der Waals surface area contributed by atoms with E-state index in [1.807, 2.05) is 83.4 Å². The molecule has 0 fully saturated rings. The Hall–Kier alpha value is -3.24. The third kappa shape index (κ3) is 2.43. The summed E-state index contributed by atoms with van der Waals surface area (Å²) in [4.78, 5) is 14.3. The van der Waals surface area contributed by atoms with Crippen molar-refractivity contribution in [3.05, 3.63) is 83.9 Å². The predicted octanol–water partition coefficient (Wildman–Crippen LogP) is 5.29. The lowest BCUT2D eigenvalue weighted by molar-refractivity contribution is 1.08. The topological polar surface area (TPSA) is 43.6 Å². The van der Waals surface area contributed by atoms with Gasteiger partial charge in [-0.25, -0.2) is 15.0 Å². The maximum Gasteiger partial charge on any atom is 0.199 e. The van der Waals surface area contributed by atoms with Gasteiger partial charge in [-0.2, -0.15) is 0 Å². The van der Waals surface area contributed by atoms with Gasteiger partial charge in [0.2, 0.25) is 0 Å². The quantitative estimate of drug-likeness (QED) is 0.431. The normalized spacial score (nSPS) is 11.3. The van der Waals surface area contributed by atoms with Crippen LogP contribution in [-0.4, -0.2) is 19.5 Å². The summed E-state index contributed by atoms with van der Waals surface area (Å²) in [7, 11) is 0. The van der Waals surface area contributed by atoms with Gasteiger partial charge < -0.3 is 0 Å². The summed E-state index contributed by atoms with van der Waals surface area (Å²) in [6.07, 6.45) is 0. The minimum atomic E-state index is 0.613. The van der Waals surface area contributed by atoms with Crippen LogP contribution < -0.4 is 0 Å². The summed E-state index contributed by atoms with van der Waals surface area (Å²) in [5.74, 6) is 0.790. The second-order valence-corrected chi connectivity index (χ2v) is 6.41. The molecular weight excluding hydrogens is 344 g/mol. The average Bonchev–Trinajstić information content (AvgIpc) is 3.05. The first kappa shape index (κ1) is 15.0. The lowest BCUT2D eigenvalue weighted by Crippen LogP contribution is -1.99. The lowest BCUT2D eigenvalue weighted by Gasteiger charge is -2.09. The molecule has 124 valence electrons. The van der Waals surface area contributed by atoms with Gasteiger partial charge in [-0.05, 0) is 30.3 Å². The van der Waals surface area contributed by atoms with E-state index in [-0.39, 0.29) is 0 Å². The summed E-state index contributed by atoms with van der Waals surface area (Å²) in [5, 5.41) is 0.664. The Morgan fingerprint density at radius 3 is 2.19 bits per heavy atom. The molecule has 0 aliphatic rings. The molecule has 0 spiro atoms. The minimum Gasteiger partial charge on any atom is -0.275 e. The molecule has 2 heterocycles. The Morgan fingerprint density at radius 1 is 0.692 bits per heavy atom. The molecule has 0 saturated heterocycles. The Balaban J connectivity index is 1.90. The van der Waals surface area contributed by atoms with Gasteiger partial charge in [0, 0.05) is 10.6 Å². The molecule has 0 unspecified atom stereocenters. The largest absolute Gasteiger partial charge is 0.275 e. The first-order chi connectivity index (χ1) is 12.8. The van der Waals surface area contributed by atoms with Gasteiger partial charge in [0.05, 0.1) is 16.7 Å². The summed E-state index contributed by atoms with van der Waals surface area (Å²) in [6.45, 7) is 0. The molecule has 0 atom stereocenters. The number of aromatic nitrogens is 4. The van der Waals surface area contributed by atoms with Crippen molar-refractivity contribution in [3.63, 3.8) is 0 Å². The highest BCUT2D eigenvalue weighted by Gasteiger charge is 2.17. The predicted molar refractivity (Wildman–Crippen MR) is 105 cm³/mol. The fraction of sp³-hybridized carbons (Fsp3) is 0. The monoisotopic (exact) mass is 356 g/mol. The van der Waals surface area contributed by atoms with E-state index < -0.39 is 0 Å². The van der Waals surface area contributed by atoms with Gasteiger partial charge >= 0.3 is 0 Å². The standard InChI is InChI=1S/C21H13ClN4/c22-15-9-6-10-16(13-15)26-20(14-7-2-1-3-8-14)25-19-21(26)24-18-12-5-4-11-17(18)23-19/h1-13H. The van der Waals surface area contributed by atoms with Gasteiger partial charge in [-0.1, -0.05) is 60.1 Å². The van der Waals surface area contributed by atoms with Crippen molar-refractivity contribution in [2.45, 2.75) is 0 Å².